The number of carbonyl (C=O) groups is 1. The first-order valence-corrected chi connectivity index (χ1v) is 7.97. The fourth-order valence-electron chi connectivity index (χ4n) is 1.93. The molecule has 2 aromatic carbocycles. The van der Waals surface area contributed by atoms with E-state index in [1.165, 1.54) is 6.39 Å². The number of hydrogen-bond donors (Lipinski definition) is 1. The van der Waals surface area contributed by atoms with Crippen LogP contribution >= 0.6 is 31.9 Å². The van der Waals surface area contributed by atoms with Crippen LogP contribution < -0.4 is 5.32 Å². The summed E-state index contributed by atoms with van der Waals surface area (Å²) in [5.41, 5.74) is 2.16. The number of nitrogens with one attached hydrogen (secondary N) is 1. The average Bonchev–Trinajstić information content (AvgIpc) is 3.04. The van der Waals surface area contributed by atoms with Crippen LogP contribution in [0.15, 0.2) is 68.4 Å². The maximum Gasteiger partial charge on any atom is 0.255 e. The van der Waals surface area contributed by atoms with Crippen molar-refractivity contribution in [3.05, 3.63) is 69.6 Å². The van der Waals surface area contributed by atoms with Crippen LogP contribution in [0, 0.1) is 0 Å². The van der Waals surface area contributed by atoms with Gasteiger partial charge in [0.25, 0.3) is 5.91 Å². The van der Waals surface area contributed by atoms with Crippen molar-refractivity contribution in [2.24, 2.45) is 0 Å². The SMILES string of the molecule is O=C(Nc1ccc(Br)cc1Br)c1ccc(-c2cnco2)cc1. The molecule has 4 nitrogen and oxygen atoms in total. The lowest BCUT2D eigenvalue weighted by Gasteiger charge is -2.08. The van der Waals surface area contributed by atoms with Gasteiger partial charge in [-0.3, -0.25) is 4.79 Å². The van der Waals surface area contributed by atoms with Crippen molar-refractivity contribution >= 4 is 43.5 Å². The highest BCUT2D eigenvalue weighted by Crippen LogP contribution is 2.27. The molecule has 0 aliphatic rings. The largest absolute Gasteiger partial charge is 0.444 e. The molecule has 0 saturated heterocycles. The Labute approximate surface area is 143 Å². The van der Waals surface area contributed by atoms with Crippen LogP contribution in [0.2, 0.25) is 0 Å². The number of halogens is 2. The van der Waals surface area contributed by atoms with E-state index in [1.54, 1.807) is 18.3 Å². The number of nitrogens with zero attached hydrogens (tertiary/aromatic N) is 1. The van der Waals surface area contributed by atoms with E-state index in [-0.39, 0.29) is 5.91 Å². The van der Waals surface area contributed by atoms with E-state index in [2.05, 4.69) is 42.2 Å². The standard InChI is InChI=1S/C16H10Br2N2O2/c17-12-5-6-14(13(18)7-12)20-16(21)11-3-1-10(2-4-11)15-8-19-9-22-15/h1-9H,(H,20,21). The summed E-state index contributed by atoms with van der Waals surface area (Å²) in [6, 6.07) is 12.7. The Morgan fingerprint density at radius 3 is 2.50 bits per heavy atom. The van der Waals surface area contributed by atoms with Crippen molar-refractivity contribution in [3.8, 4) is 11.3 Å². The van der Waals surface area contributed by atoms with Gasteiger partial charge in [-0.15, -0.1) is 0 Å². The van der Waals surface area contributed by atoms with Gasteiger partial charge in [0, 0.05) is 20.1 Å². The van der Waals surface area contributed by atoms with Gasteiger partial charge in [-0.2, -0.15) is 0 Å². The average molecular weight is 422 g/mol. The zero-order valence-corrected chi connectivity index (χ0v) is 14.4. The second kappa shape index (κ2) is 6.46. The Morgan fingerprint density at radius 1 is 1.09 bits per heavy atom. The molecule has 0 radical (unpaired) electrons. The maximum absolute atomic E-state index is 12.3. The molecular formula is C16H10Br2N2O2. The van der Waals surface area contributed by atoms with Gasteiger partial charge in [-0.25, -0.2) is 4.98 Å². The fraction of sp³-hybridized carbons (Fsp3) is 0. The van der Waals surface area contributed by atoms with Gasteiger partial charge >= 0.3 is 0 Å². The third-order valence-corrected chi connectivity index (χ3v) is 4.19. The number of oxazole rings is 1. The van der Waals surface area contributed by atoms with E-state index in [9.17, 15) is 4.79 Å². The van der Waals surface area contributed by atoms with Crippen molar-refractivity contribution < 1.29 is 9.21 Å². The predicted octanol–water partition coefficient (Wildman–Crippen LogP) is 5.12. The molecule has 0 aliphatic carbocycles. The Hall–Kier alpha value is -1.92. The number of benzene rings is 2. The number of carbonyl (C=O) groups excluding carboxylic acids is 1. The second-order valence-electron chi connectivity index (χ2n) is 4.52. The summed E-state index contributed by atoms with van der Waals surface area (Å²) in [6.07, 6.45) is 3.01. The molecule has 0 spiro atoms. The van der Waals surface area contributed by atoms with Gasteiger partial charge in [-0.05, 0) is 46.3 Å². The number of rotatable bonds is 3. The molecule has 0 bridgehead atoms. The number of anilines is 1. The molecule has 3 aromatic rings. The highest BCUT2D eigenvalue weighted by atomic mass is 79.9. The second-order valence-corrected chi connectivity index (χ2v) is 6.29. The highest BCUT2D eigenvalue weighted by Gasteiger charge is 2.09. The normalized spacial score (nSPS) is 10.5. The quantitative estimate of drug-likeness (QED) is 0.638. The summed E-state index contributed by atoms with van der Waals surface area (Å²) in [4.78, 5) is 16.1. The monoisotopic (exact) mass is 420 g/mol. The molecule has 1 N–H and O–H groups in total. The number of amides is 1. The van der Waals surface area contributed by atoms with E-state index in [0.717, 1.165) is 14.5 Å². The molecule has 22 heavy (non-hydrogen) atoms. The molecule has 1 aromatic heterocycles. The zero-order valence-electron chi connectivity index (χ0n) is 11.2. The Kier molecular flexibility index (Phi) is 4.40. The van der Waals surface area contributed by atoms with Crippen LogP contribution in [0.4, 0.5) is 5.69 Å². The summed E-state index contributed by atoms with van der Waals surface area (Å²) < 4.78 is 6.97. The van der Waals surface area contributed by atoms with Crippen LogP contribution in [0.1, 0.15) is 10.4 Å². The van der Waals surface area contributed by atoms with Crippen molar-refractivity contribution in [3.63, 3.8) is 0 Å². The molecule has 0 saturated carbocycles. The maximum atomic E-state index is 12.3. The van der Waals surface area contributed by atoms with Crippen molar-refractivity contribution in [2.45, 2.75) is 0 Å². The van der Waals surface area contributed by atoms with Crippen LogP contribution in [0.3, 0.4) is 0 Å². The molecule has 0 atom stereocenters. The molecule has 0 aliphatic heterocycles. The lowest BCUT2D eigenvalue weighted by molar-refractivity contribution is 0.102. The molecule has 110 valence electrons. The van der Waals surface area contributed by atoms with Crippen molar-refractivity contribution in [1.29, 1.82) is 0 Å². The topological polar surface area (TPSA) is 55.1 Å². The fourth-order valence-corrected chi connectivity index (χ4v) is 3.08. The van der Waals surface area contributed by atoms with E-state index in [0.29, 0.717) is 17.0 Å². The minimum Gasteiger partial charge on any atom is -0.444 e. The van der Waals surface area contributed by atoms with Crippen LogP contribution in [0.25, 0.3) is 11.3 Å². The first-order chi connectivity index (χ1) is 10.6. The molecule has 1 amide bonds. The summed E-state index contributed by atoms with van der Waals surface area (Å²) in [5, 5.41) is 2.87. The van der Waals surface area contributed by atoms with Gasteiger partial charge in [-0.1, -0.05) is 28.1 Å². The van der Waals surface area contributed by atoms with E-state index < -0.39 is 0 Å². The number of hydrogen-bond acceptors (Lipinski definition) is 3. The smallest absolute Gasteiger partial charge is 0.255 e. The highest BCUT2D eigenvalue weighted by molar-refractivity contribution is 9.11. The lowest BCUT2D eigenvalue weighted by Crippen LogP contribution is -2.12. The number of aromatic nitrogens is 1. The van der Waals surface area contributed by atoms with Gasteiger partial charge in [0.05, 0.1) is 11.9 Å². The van der Waals surface area contributed by atoms with E-state index >= 15 is 0 Å². The summed E-state index contributed by atoms with van der Waals surface area (Å²) in [6.45, 7) is 0. The van der Waals surface area contributed by atoms with Crippen molar-refractivity contribution in [2.75, 3.05) is 5.32 Å². The summed E-state index contributed by atoms with van der Waals surface area (Å²) >= 11 is 6.80. The Balaban J connectivity index is 1.77. The Morgan fingerprint density at radius 2 is 1.86 bits per heavy atom. The lowest BCUT2D eigenvalue weighted by atomic mass is 10.1. The van der Waals surface area contributed by atoms with Crippen LogP contribution in [0.5, 0.6) is 0 Å². The first kappa shape index (κ1) is 15.0. The minimum atomic E-state index is -0.174. The predicted molar refractivity (Wildman–Crippen MR) is 91.7 cm³/mol. The van der Waals surface area contributed by atoms with Crippen molar-refractivity contribution in [1.82, 2.24) is 4.98 Å². The van der Waals surface area contributed by atoms with Gasteiger partial charge in [0.2, 0.25) is 0 Å². The van der Waals surface area contributed by atoms with E-state index in [1.807, 2.05) is 30.3 Å². The molecular weight excluding hydrogens is 412 g/mol. The minimum absolute atomic E-state index is 0.174. The van der Waals surface area contributed by atoms with Gasteiger partial charge in [0.1, 0.15) is 0 Å². The van der Waals surface area contributed by atoms with Gasteiger partial charge in [0.15, 0.2) is 12.2 Å². The molecule has 0 unspecified atom stereocenters. The van der Waals surface area contributed by atoms with E-state index in [4.69, 9.17) is 4.42 Å². The third kappa shape index (κ3) is 3.28. The first-order valence-electron chi connectivity index (χ1n) is 6.39. The molecule has 3 rings (SSSR count). The van der Waals surface area contributed by atoms with Gasteiger partial charge < -0.3 is 9.73 Å². The third-order valence-electron chi connectivity index (χ3n) is 3.04. The molecule has 1 heterocycles. The summed E-state index contributed by atoms with van der Waals surface area (Å²) in [7, 11) is 0. The molecule has 0 fully saturated rings. The van der Waals surface area contributed by atoms with Crippen LogP contribution in [-0.4, -0.2) is 10.9 Å². The van der Waals surface area contributed by atoms with Crippen LogP contribution in [-0.2, 0) is 0 Å². The summed E-state index contributed by atoms with van der Waals surface area (Å²) in [5.74, 6) is 0.495. The molecule has 6 heteroatoms. The Bertz CT molecular complexity index is 800. The zero-order chi connectivity index (χ0) is 15.5.